The second kappa shape index (κ2) is 9.30. The monoisotopic (exact) mass is 411 g/mol. The van der Waals surface area contributed by atoms with Crippen molar-refractivity contribution in [3.05, 3.63) is 114 Å². The second-order valence-electron chi connectivity index (χ2n) is 7.39. The van der Waals surface area contributed by atoms with Gasteiger partial charge in [-0.3, -0.25) is 14.8 Å². The van der Waals surface area contributed by atoms with Crippen molar-refractivity contribution in [2.24, 2.45) is 0 Å². The molecule has 0 fully saturated rings. The van der Waals surface area contributed by atoms with Crippen molar-refractivity contribution >= 4 is 11.6 Å². The average Bonchev–Trinajstić information content (AvgIpc) is 2.79. The number of nitrogens with one attached hydrogen (secondary N) is 1. The van der Waals surface area contributed by atoms with E-state index in [1.165, 1.54) is 13.0 Å². The summed E-state index contributed by atoms with van der Waals surface area (Å²) in [5, 5.41) is 2.79. The molecular weight excluding hydrogens is 389 g/mol. The lowest BCUT2D eigenvalue weighted by atomic mass is 9.85. The van der Waals surface area contributed by atoms with Gasteiger partial charge in [0.15, 0.2) is 0 Å². The largest absolute Gasteiger partial charge is 0.326 e. The molecule has 0 radical (unpaired) electrons. The fraction of sp³-hybridized carbons (Fsp3) is 0.115. The van der Waals surface area contributed by atoms with E-state index in [1.54, 1.807) is 18.5 Å². The Bertz CT molecular complexity index is 1140. The molecule has 31 heavy (non-hydrogen) atoms. The Balaban J connectivity index is 1.77. The van der Waals surface area contributed by atoms with Crippen LogP contribution < -0.4 is 5.32 Å². The van der Waals surface area contributed by atoms with Crippen LogP contribution >= 0.6 is 0 Å². The minimum Gasteiger partial charge on any atom is -0.326 e. The molecule has 0 saturated heterocycles. The molecule has 2 heterocycles. The molecule has 1 amide bonds. The Morgan fingerprint density at radius 1 is 0.935 bits per heavy atom. The van der Waals surface area contributed by atoms with E-state index in [9.17, 15) is 9.18 Å². The molecule has 4 nitrogen and oxygen atoms in total. The summed E-state index contributed by atoms with van der Waals surface area (Å²) >= 11 is 0. The number of hydrogen-bond donors (Lipinski definition) is 1. The maximum absolute atomic E-state index is 14.2. The van der Waals surface area contributed by atoms with Crippen molar-refractivity contribution in [2.75, 3.05) is 5.32 Å². The van der Waals surface area contributed by atoms with Crippen LogP contribution in [0.4, 0.5) is 10.1 Å². The van der Waals surface area contributed by atoms with Gasteiger partial charge in [-0.15, -0.1) is 0 Å². The molecule has 4 aromatic rings. The van der Waals surface area contributed by atoms with E-state index in [-0.39, 0.29) is 17.6 Å². The summed E-state index contributed by atoms with van der Waals surface area (Å²) in [6.07, 6.45) is 7.87. The molecule has 5 heteroatoms. The lowest BCUT2D eigenvalue weighted by Gasteiger charge is -2.20. The Labute approximate surface area is 180 Å². The Hall–Kier alpha value is -3.86. The number of nitrogens with zero attached hydrogens (tertiary/aromatic N) is 2. The summed E-state index contributed by atoms with van der Waals surface area (Å²) in [6.45, 7) is 1.46. The van der Waals surface area contributed by atoms with Gasteiger partial charge in [0, 0.05) is 43.3 Å². The van der Waals surface area contributed by atoms with E-state index in [1.807, 2.05) is 67.0 Å². The lowest BCUT2D eigenvalue weighted by Crippen LogP contribution is -2.08. The highest BCUT2D eigenvalue weighted by Gasteiger charge is 2.18. The molecule has 0 spiro atoms. The zero-order valence-corrected chi connectivity index (χ0v) is 17.1. The summed E-state index contributed by atoms with van der Waals surface area (Å²) < 4.78 is 14.2. The van der Waals surface area contributed by atoms with Crippen LogP contribution in [0.3, 0.4) is 0 Å². The Kier molecular flexibility index (Phi) is 6.13. The average molecular weight is 411 g/mol. The third-order valence-corrected chi connectivity index (χ3v) is 5.16. The first-order chi connectivity index (χ1) is 15.1. The number of rotatable bonds is 6. The molecule has 0 saturated carbocycles. The summed E-state index contributed by atoms with van der Waals surface area (Å²) in [5.41, 5.74) is 5.45. The second-order valence-corrected chi connectivity index (χ2v) is 7.39. The molecule has 154 valence electrons. The number of hydrogen-bond acceptors (Lipinski definition) is 3. The summed E-state index contributed by atoms with van der Waals surface area (Å²) in [7, 11) is 0. The van der Waals surface area contributed by atoms with E-state index in [2.05, 4.69) is 15.3 Å². The van der Waals surface area contributed by atoms with Crippen molar-refractivity contribution < 1.29 is 9.18 Å². The quantitative estimate of drug-likeness (QED) is 0.448. The minimum absolute atomic E-state index is 0.0186. The fourth-order valence-electron chi connectivity index (χ4n) is 3.78. The maximum atomic E-state index is 14.2. The molecule has 1 N–H and O–H groups in total. The van der Waals surface area contributed by atoms with Gasteiger partial charge in [-0.1, -0.05) is 30.3 Å². The molecule has 2 aromatic heterocycles. The number of halogens is 1. The molecule has 0 bridgehead atoms. The molecular formula is C26H22FN3O. The van der Waals surface area contributed by atoms with Gasteiger partial charge < -0.3 is 5.32 Å². The fourth-order valence-corrected chi connectivity index (χ4v) is 3.78. The first-order valence-corrected chi connectivity index (χ1v) is 10.1. The number of aromatic nitrogens is 2. The molecule has 2 aromatic carbocycles. The lowest BCUT2D eigenvalue weighted by molar-refractivity contribution is -0.114. The van der Waals surface area contributed by atoms with Crippen molar-refractivity contribution in [2.45, 2.75) is 19.3 Å². The zero-order chi connectivity index (χ0) is 21.6. The molecule has 0 aliphatic carbocycles. The highest BCUT2D eigenvalue weighted by molar-refractivity contribution is 5.89. The van der Waals surface area contributed by atoms with E-state index >= 15 is 0 Å². The van der Waals surface area contributed by atoms with Crippen LogP contribution in [0.25, 0.3) is 11.1 Å². The summed E-state index contributed by atoms with van der Waals surface area (Å²) in [5.74, 6) is -0.432. The highest BCUT2D eigenvalue weighted by Crippen LogP contribution is 2.33. The standard InChI is InChI=1S/C26H22FN3O/c1-18(31)30-24-8-2-5-19(13-24)26-15-23(27)10-9-20(26)14-25(21-6-3-11-28-16-21)22-7-4-12-29-17-22/h2-13,15-17,25H,14H2,1H3,(H,30,31). The zero-order valence-electron chi connectivity index (χ0n) is 17.1. The van der Waals surface area contributed by atoms with Gasteiger partial charge in [0.05, 0.1) is 0 Å². The van der Waals surface area contributed by atoms with Gasteiger partial charge in [0.2, 0.25) is 5.91 Å². The number of benzene rings is 2. The Morgan fingerprint density at radius 2 is 1.65 bits per heavy atom. The SMILES string of the molecule is CC(=O)Nc1cccc(-c2cc(F)ccc2CC(c2cccnc2)c2cccnc2)c1. The van der Waals surface area contributed by atoms with Crippen LogP contribution in [0, 0.1) is 5.82 Å². The summed E-state index contributed by atoms with van der Waals surface area (Å²) in [4.78, 5) is 20.0. The van der Waals surface area contributed by atoms with Gasteiger partial charge in [-0.05, 0) is 70.6 Å². The predicted octanol–water partition coefficient (Wildman–Crippen LogP) is 5.62. The molecule has 0 unspecified atom stereocenters. The van der Waals surface area contributed by atoms with Crippen molar-refractivity contribution in [1.29, 1.82) is 0 Å². The van der Waals surface area contributed by atoms with E-state index in [4.69, 9.17) is 0 Å². The van der Waals surface area contributed by atoms with Gasteiger partial charge in [-0.25, -0.2) is 4.39 Å². The van der Waals surface area contributed by atoms with Crippen LogP contribution in [0.1, 0.15) is 29.5 Å². The van der Waals surface area contributed by atoms with Gasteiger partial charge in [0.25, 0.3) is 0 Å². The molecule has 4 rings (SSSR count). The van der Waals surface area contributed by atoms with Crippen LogP contribution in [-0.2, 0) is 11.2 Å². The first kappa shape index (κ1) is 20.4. The van der Waals surface area contributed by atoms with E-state index in [0.717, 1.165) is 27.8 Å². The van der Waals surface area contributed by atoms with Crippen LogP contribution in [-0.4, -0.2) is 15.9 Å². The smallest absolute Gasteiger partial charge is 0.221 e. The normalized spacial score (nSPS) is 10.8. The number of amides is 1. The van der Waals surface area contributed by atoms with E-state index in [0.29, 0.717) is 12.1 Å². The van der Waals surface area contributed by atoms with Crippen LogP contribution in [0.5, 0.6) is 0 Å². The van der Waals surface area contributed by atoms with Crippen LogP contribution in [0.15, 0.2) is 91.5 Å². The third kappa shape index (κ3) is 5.01. The van der Waals surface area contributed by atoms with Gasteiger partial charge >= 0.3 is 0 Å². The van der Waals surface area contributed by atoms with Gasteiger partial charge in [0.1, 0.15) is 5.82 Å². The maximum Gasteiger partial charge on any atom is 0.221 e. The number of carbonyl (C=O) groups excluding carboxylic acids is 1. The predicted molar refractivity (Wildman–Crippen MR) is 120 cm³/mol. The third-order valence-electron chi connectivity index (χ3n) is 5.16. The molecule has 0 aliphatic rings. The topological polar surface area (TPSA) is 54.9 Å². The van der Waals surface area contributed by atoms with Crippen molar-refractivity contribution in [3.63, 3.8) is 0 Å². The first-order valence-electron chi connectivity index (χ1n) is 10.1. The summed E-state index contributed by atoms with van der Waals surface area (Å²) in [6, 6.07) is 20.3. The minimum atomic E-state index is -0.303. The number of pyridine rings is 2. The number of anilines is 1. The van der Waals surface area contributed by atoms with E-state index < -0.39 is 0 Å². The molecule has 0 atom stereocenters. The Morgan fingerprint density at radius 3 is 2.26 bits per heavy atom. The molecule has 0 aliphatic heterocycles. The highest BCUT2D eigenvalue weighted by atomic mass is 19.1. The van der Waals surface area contributed by atoms with Gasteiger partial charge in [-0.2, -0.15) is 0 Å². The van der Waals surface area contributed by atoms with Crippen molar-refractivity contribution in [3.8, 4) is 11.1 Å². The number of carbonyl (C=O) groups is 1. The van der Waals surface area contributed by atoms with Crippen LogP contribution in [0.2, 0.25) is 0 Å². The van der Waals surface area contributed by atoms with Crippen molar-refractivity contribution in [1.82, 2.24) is 9.97 Å².